The van der Waals surface area contributed by atoms with Crippen molar-refractivity contribution in [2.24, 2.45) is 5.92 Å². The summed E-state index contributed by atoms with van der Waals surface area (Å²) in [5.74, 6) is -0.438. The molecule has 0 spiro atoms. The fourth-order valence-electron chi connectivity index (χ4n) is 4.01. The van der Waals surface area contributed by atoms with Gasteiger partial charge in [-0.25, -0.2) is 9.50 Å². The van der Waals surface area contributed by atoms with Crippen molar-refractivity contribution in [1.29, 1.82) is 0 Å². The van der Waals surface area contributed by atoms with Crippen LogP contribution >= 0.6 is 0 Å². The fraction of sp³-hybridized carbons (Fsp3) is 0.550. The first-order valence-corrected chi connectivity index (χ1v) is 10.4. The van der Waals surface area contributed by atoms with Crippen molar-refractivity contribution in [3.05, 3.63) is 41.3 Å². The number of fused-ring (bicyclic) bond motifs is 1. The lowest BCUT2D eigenvalue weighted by Gasteiger charge is -2.28. The van der Waals surface area contributed by atoms with E-state index in [-0.39, 0.29) is 23.3 Å². The van der Waals surface area contributed by atoms with Gasteiger partial charge < -0.3 is 9.84 Å². The number of nitrogens with one attached hydrogen (secondary N) is 1. The molecule has 1 aliphatic carbocycles. The molecule has 0 atom stereocenters. The first-order chi connectivity index (χ1) is 14.8. The lowest BCUT2D eigenvalue weighted by Crippen LogP contribution is -2.31. The van der Waals surface area contributed by atoms with Gasteiger partial charge in [0.05, 0.1) is 5.69 Å². The lowest BCUT2D eigenvalue weighted by molar-refractivity contribution is -0.144. The van der Waals surface area contributed by atoms with E-state index in [1.54, 1.807) is 12.1 Å². The Morgan fingerprint density at radius 2 is 2.06 bits per heavy atom. The van der Waals surface area contributed by atoms with E-state index >= 15 is 0 Å². The summed E-state index contributed by atoms with van der Waals surface area (Å²) in [5, 5.41) is 10.3. The molecule has 1 N–H and O–H groups in total. The Bertz CT molecular complexity index is 1050. The van der Waals surface area contributed by atoms with Crippen molar-refractivity contribution in [3.8, 4) is 0 Å². The molecule has 0 bridgehead atoms. The minimum Gasteiger partial charge on any atom is -0.361 e. The molecule has 0 aliphatic heterocycles. The van der Waals surface area contributed by atoms with E-state index in [1.807, 2.05) is 6.92 Å². The second-order valence-corrected chi connectivity index (χ2v) is 7.87. The van der Waals surface area contributed by atoms with Crippen molar-refractivity contribution in [2.45, 2.75) is 57.5 Å². The third-order valence-corrected chi connectivity index (χ3v) is 5.63. The molecule has 1 saturated carbocycles. The normalized spacial score (nSPS) is 19.6. The molecular formula is C20H23F3N6O2. The maximum absolute atomic E-state index is 13.0. The van der Waals surface area contributed by atoms with Crippen LogP contribution in [-0.4, -0.2) is 37.2 Å². The average molecular weight is 436 g/mol. The highest BCUT2D eigenvalue weighted by atomic mass is 19.4. The maximum Gasteiger partial charge on any atom is 0.453 e. The van der Waals surface area contributed by atoms with Crippen LogP contribution < -0.4 is 5.32 Å². The number of hydrogen-bond acceptors (Lipinski definition) is 6. The molecule has 3 aromatic heterocycles. The summed E-state index contributed by atoms with van der Waals surface area (Å²) < 4.78 is 45.2. The van der Waals surface area contributed by atoms with E-state index in [1.165, 1.54) is 10.7 Å². The Hall–Kier alpha value is -2.98. The Kier molecular flexibility index (Phi) is 5.92. The molecule has 4 rings (SSSR count). The van der Waals surface area contributed by atoms with Crippen LogP contribution in [0.3, 0.4) is 0 Å². The third kappa shape index (κ3) is 4.70. The molecule has 3 aromatic rings. The quantitative estimate of drug-likeness (QED) is 0.631. The Morgan fingerprint density at radius 3 is 2.77 bits per heavy atom. The molecule has 0 saturated heterocycles. The summed E-state index contributed by atoms with van der Waals surface area (Å²) >= 11 is 0. The van der Waals surface area contributed by atoms with E-state index in [0.717, 1.165) is 38.5 Å². The predicted octanol–water partition coefficient (Wildman–Crippen LogP) is 3.79. The molecule has 11 heteroatoms. The SMILES string of the molecule is CCCc1cc(C(=O)NCC2CCC(c3ccnc4nc(C(F)(F)F)nn34)CC2)no1. The molecular weight excluding hydrogens is 413 g/mol. The highest BCUT2D eigenvalue weighted by Crippen LogP contribution is 2.36. The zero-order chi connectivity index (χ0) is 22.0. The van der Waals surface area contributed by atoms with E-state index in [9.17, 15) is 18.0 Å². The lowest BCUT2D eigenvalue weighted by atomic mass is 9.80. The molecule has 0 unspecified atom stereocenters. The molecule has 166 valence electrons. The maximum atomic E-state index is 13.0. The number of carbonyl (C=O) groups is 1. The summed E-state index contributed by atoms with van der Waals surface area (Å²) in [4.78, 5) is 19.7. The topological polar surface area (TPSA) is 98.2 Å². The van der Waals surface area contributed by atoms with Crippen LogP contribution in [0.15, 0.2) is 22.9 Å². The molecule has 0 aromatic carbocycles. The molecule has 3 heterocycles. The predicted molar refractivity (Wildman–Crippen MR) is 103 cm³/mol. The van der Waals surface area contributed by atoms with Gasteiger partial charge in [0.15, 0.2) is 5.69 Å². The summed E-state index contributed by atoms with van der Waals surface area (Å²) in [7, 11) is 0. The molecule has 1 amide bonds. The number of nitrogens with zero attached hydrogens (tertiary/aromatic N) is 5. The number of amides is 1. The number of rotatable bonds is 6. The van der Waals surface area contributed by atoms with Gasteiger partial charge in [-0.3, -0.25) is 4.79 Å². The number of aryl methyl sites for hydroxylation is 1. The van der Waals surface area contributed by atoms with Crippen LogP contribution in [0, 0.1) is 5.92 Å². The summed E-state index contributed by atoms with van der Waals surface area (Å²) in [6.45, 7) is 2.54. The van der Waals surface area contributed by atoms with Gasteiger partial charge in [-0.05, 0) is 44.1 Å². The molecule has 0 radical (unpaired) electrons. The largest absolute Gasteiger partial charge is 0.453 e. The Balaban J connectivity index is 1.34. The second kappa shape index (κ2) is 8.64. The van der Waals surface area contributed by atoms with Crippen molar-refractivity contribution < 1.29 is 22.5 Å². The van der Waals surface area contributed by atoms with Gasteiger partial charge in [-0.15, -0.1) is 5.10 Å². The van der Waals surface area contributed by atoms with Crippen molar-refractivity contribution in [3.63, 3.8) is 0 Å². The van der Waals surface area contributed by atoms with Gasteiger partial charge in [0.2, 0.25) is 0 Å². The smallest absolute Gasteiger partial charge is 0.361 e. The number of hydrogen-bond donors (Lipinski definition) is 1. The third-order valence-electron chi connectivity index (χ3n) is 5.63. The van der Waals surface area contributed by atoms with Gasteiger partial charge >= 0.3 is 6.18 Å². The van der Waals surface area contributed by atoms with Gasteiger partial charge in [-0.1, -0.05) is 12.1 Å². The first kappa shape index (κ1) is 21.3. The van der Waals surface area contributed by atoms with Gasteiger partial charge in [0, 0.05) is 31.1 Å². The van der Waals surface area contributed by atoms with Crippen molar-refractivity contribution in [2.75, 3.05) is 6.54 Å². The zero-order valence-electron chi connectivity index (χ0n) is 17.0. The molecule has 31 heavy (non-hydrogen) atoms. The minimum absolute atomic E-state index is 0.0470. The van der Waals surface area contributed by atoms with Crippen LogP contribution in [0.25, 0.3) is 5.78 Å². The van der Waals surface area contributed by atoms with Crippen molar-refractivity contribution >= 4 is 11.7 Å². The van der Waals surface area contributed by atoms with E-state index in [2.05, 4.69) is 25.5 Å². The van der Waals surface area contributed by atoms with Crippen LogP contribution in [0.5, 0.6) is 0 Å². The summed E-state index contributed by atoms with van der Waals surface area (Å²) in [5.41, 5.74) is 0.963. The van der Waals surface area contributed by atoms with Crippen LogP contribution in [0.1, 0.15) is 72.7 Å². The van der Waals surface area contributed by atoms with Crippen LogP contribution in [0.2, 0.25) is 0 Å². The van der Waals surface area contributed by atoms with E-state index in [0.29, 0.717) is 23.9 Å². The molecule has 1 fully saturated rings. The highest BCUT2D eigenvalue weighted by Gasteiger charge is 2.37. The van der Waals surface area contributed by atoms with Crippen LogP contribution in [-0.2, 0) is 12.6 Å². The van der Waals surface area contributed by atoms with Crippen molar-refractivity contribution in [1.82, 2.24) is 30.1 Å². The monoisotopic (exact) mass is 436 g/mol. The van der Waals surface area contributed by atoms with Gasteiger partial charge in [0.1, 0.15) is 5.76 Å². The Labute approximate surface area is 176 Å². The number of alkyl halides is 3. The zero-order valence-corrected chi connectivity index (χ0v) is 17.0. The standard InChI is InChI=1S/C20H23F3N6O2/c1-2-3-14-10-15(28-31-14)17(30)25-11-12-4-6-13(7-5-12)16-8-9-24-19-26-18(20(21,22)23)27-29(16)19/h8-10,12-13H,2-7,11H2,1H3,(H,25,30). The molecule has 8 nitrogen and oxygen atoms in total. The average Bonchev–Trinajstić information content (AvgIpc) is 3.39. The summed E-state index contributed by atoms with van der Waals surface area (Å²) in [6, 6.07) is 3.37. The van der Waals surface area contributed by atoms with E-state index in [4.69, 9.17) is 4.52 Å². The fourth-order valence-corrected chi connectivity index (χ4v) is 4.01. The van der Waals surface area contributed by atoms with Crippen LogP contribution in [0.4, 0.5) is 13.2 Å². The van der Waals surface area contributed by atoms with E-state index < -0.39 is 12.0 Å². The number of halogens is 3. The van der Waals surface area contributed by atoms with Gasteiger partial charge in [0.25, 0.3) is 17.5 Å². The van der Waals surface area contributed by atoms with Gasteiger partial charge in [-0.2, -0.15) is 18.2 Å². The molecule has 1 aliphatic rings. The minimum atomic E-state index is -4.61. The number of carbonyl (C=O) groups excluding carboxylic acids is 1. The highest BCUT2D eigenvalue weighted by molar-refractivity contribution is 5.92. The number of aromatic nitrogens is 5. The Morgan fingerprint density at radius 1 is 1.29 bits per heavy atom. The summed E-state index contributed by atoms with van der Waals surface area (Å²) in [6.07, 6.45) is 1.76. The first-order valence-electron chi connectivity index (χ1n) is 10.4. The second-order valence-electron chi connectivity index (χ2n) is 7.87.